The van der Waals surface area contributed by atoms with Crippen molar-refractivity contribution in [2.45, 2.75) is 13.3 Å². The second kappa shape index (κ2) is 7.66. The van der Waals surface area contributed by atoms with Gasteiger partial charge in [0.15, 0.2) is 11.5 Å². The molecule has 2 aromatic carbocycles. The molecule has 0 saturated carbocycles. The number of halogens is 1. The van der Waals surface area contributed by atoms with Crippen molar-refractivity contribution in [3.63, 3.8) is 0 Å². The summed E-state index contributed by atoms with van der Waals surface area (Å²) < 4.78 is 11.9. The van der Waals surface area contributed by atoms with E-state index in [1.807, 2.05) is 55.5 Å². The summed E-state index contributed by atoms with van der Waals surface area (Å²) in [5.41, 5.74) is 4.95. The Hall–Kier alpha value is -2.40. The number of rotatable bonds is 4. The van der Waals surface area contributed by atoms with Gasteiger partial charge >= 0.3 is 0 Å². The lowest BCUT2D eigenvalue weighted by Crippen LogP contribution is -2.05. The topological polar surface area (TPSA) is 43.2 Å². The van der Waals surface area contributed by atoms with E-state index in [1.54, 1.807) is 14.2 Å². The van der Waals surface area contributed by atoms with Crippen LogP contribution in [0.25, 0.3) is 6.08 Å². The first kappa shape index (κ1) is 17.4. The second-order valence-electron chi connectivity index (χ2n) is 5.72. The molecule has 0 atom stereocenters. The van der Waals surface area contributed by atoms with Gasteiger partial charge in [0.05, 0.1) is 19.9 Å². The van der Waals surface area contributed by atoms with Crippen LogP contribution in [0.15, 0.2) is 57.1 Å². The highest BCUT2D eigenvalue weighted by Gasteiger charge is 2.17. The van der Waals surface area contributed by atoms with Crippen LogP contribution in [-0.4, -0.2) is 25.6 Å². The number of benzene rings is 2. The zero-order chi connectivity index (χ0) is 17.8. The maximum Gasteiger partial charge on any atom is 0.161 e. The number of hydrogen-bond donors (Lipinski definition) is 0. The third-order valence-electron chi connectivity index (χ3n) is 3.99. The number of hydrogen-bond acceptors (Lipinski definition) is 4. The Balaban J connectivity index is 2.07. The van der Waals surface area contributed by atoms with E-state index in [9.17, 15) is 0 Å². The normalized spacial score (nSPS) is 13.8. The Kier molecular flexibility index (Phi) is 5.34. The van der Waals surface area contributed by atoms with E-state index in [0.717, 1.165) is 39.0 Å². The van der Waals surface area contributed by atoms with Crippen LogP contribution in [-0.2, 0) is 6.42 Å². The van der Waals surface area contributed by atoms with Gasteiger partial charge in [-0.2, -0.15) is 10.2 Å². The van der Waals surface area contributed by atoms with E-state index < -0.39 is 0 Å². The molecule has 0 saturated heterocycles. The van der Waals surface area contributed by atoms with Crippen LogP contribution in [0.3, 0.4) is 0 Å². The van der Waals surface area contributed by atoms with Gasteiger partial charge in [-0.3, -0.25) is 0 Å². The summed E-state index contributed by atoms with van der Waals surface area (Å²) in [7, 11) is 3.28. The molecule has 0 spiro atoms. The second-order valence-corrected chi connectivity index (χ2v) is 6.57. The zero-order valence-corrected chi connectivity index (χ0v) is 16.0. The van der Waals surface area contributed by atoms with Crippen molar-refractivity contribution in [1.29, 1.82) is 0 Å². The van der Waals surface area contributed by atoms with E-state index in [0.29, 0.717) is 11.5 Å². The molecule has 0 amide bonds. The predicted octanol–water partition coefficient (Wildman–Crippen LogP) is 4.90. The van der Waals surface area contributed by atoms with Gasteiger partial charge in [0.25, 0.3) is 0 Å². The van der Waals surface area contributed by atoms with Crippen molar-refractivity contribution >= 4 is 33.4 Å². The minimum Gasteiger partial charge on any atom is -0.493 e. The minimum absolute atomic E-state index is 0.683. The molecule has 4 nitrogen and oxygen atoms in total. The fraction of sp³-hybridized carbons (Fsp3) is 0.200. The van der Waals surface area contributed by atoms with Gasteiger partial charge in [-0.1, -0.05) is 40.2 Å². The lowest BCUT2D eigenvalue weighted by molar-refractivity contribution is 0.354. The van der Waals surface area contributed by atoms with Crippen molar-refractivity contribution in [2.24, 2.45) is 10.2 Å². The Morgan fingerprint density at radius 1 is 1.00 bits per heavy atom. The summed E-state index contributed by atoms with van der Waals surface area (Å²) >= 11 is 3.56. The molecule has 1 heterocycles. The van der Waals surface area contributed by atoms with Gasteiger partial charge in [0.1, 0.15) is 0 Å². The summed E-state index contributed by atoms with van der Waals surface area (Å²) in [6.45, 7) is 1.98. The molecule has 3 rings (SSSR count). The molecule has 25 heavy (non-hydrogen) atoms. The highest BCUT2D eigenvalue weighted by Crippen LogP contribution is 2.32. The smallest absolute Gasteiger partial charge is 0.161 e. The standard InChI is InChI=1S/C20H19BrN2O2/c1-13-10-15-11-19(24-2)20(25-3)12-16(15)18(23-22-13)9-8-14-6-4-5-7-17(14)21/h4-9,11-12H,10H2,1-3H3. The molecule has 0 unspecified atom stereocenters. The van der Waals surface area contributed by atoms with Gasteiger partial charge < -0.3 is 9.47 Å². The van der Waals surface area contributed by atoms with E-state index in [1.165, 1.54) is 0 Å². The minimum atomic E-state index is 0.683. The molecule has 0 bridgehead atoms. The summed E-state index contributed by atoms with van der Waals surface area (Å²) in [4.78, 5) is 0. The van der Waals surface area contributed by atoms with Gasteiger partial charge in [0, 0.05) is 22.2 Å². The fourth-order valence-corrected chi connectivity index (χ4v) is 3.13. The first-order chi connectivity index (χ1) is 12.1. The molecule has 128 valence electrons. The maximum atomic E-state index is 5.45. The quantitative estimate of drug-likeness (QED) is 0.734. The molecular formula is C20H19BrN2O2. The third-order valence-corrected chi connectivity index (χ3v) is 4.71. The van der Waals surface area contributed by atoms with Crippen molar-refractivity contribution < 1.29 is 9.47 Å². The third kappa shape index (κ3) is 3.82. The van der Waals surface area contributed by atoms with E-state index in [4.69, 9.17) is 9.47 Å². The van der Waals surface area contributed by atoms with Gasteiger partial charge in [-0.05, 0) is 42.3 Å². The zero-order valence-electron chi connectivity index (χ0n) is 14.4. The SMILES string of the molecule is COc1cc2c(cc1OC)C(C=Cc1ccccc1Br)=NN=C(C)C2. The largest absolute Gasteiger partial charge is 0.493 e. The van der Waals surface area contributed by atoms with Crippen molar-refractivity contribution in [2.75, 3.05) is 14.2 Å². The molecule has 0 aromatic heterocycles. The summed E-state index contributed by atoms with van der Waals surface area (Å²) in [6, 6.07) is 12.0. The predicted molar refractivity (Wildman–Crippen MR) is 106 cm³/mol. The van der Waals surface area contributed by atoms with Crippen LogP contribution in [0.2, 0.25) is 0 Å². The lowest BCUT2D eigenvalue weighted by atomic mass is 9.97. The molecule has 1 aliphatic heterocycles. The number of allylic oxidation sites excluding steroid dienone is 1. The first-order valence-electron chi connectivity index (χ1n) is 7.91. The summed E-state index contributed by atoms with van der Waals surface area (Å²) in [5, 5.41) is 8.75. The molecule has 1 aliphatic rings. The van der Waals surface area contributed by atoms with E-state index in [2.05, 4.69) is 26.1 Å². The highest BCUT2D eigenvalue weighted by molar-refractivity contribution is 9.10. The van der Waals surface area contributed by atoms with Crippen LogP contribution in [0, 0.1) is 0 Å². The van der Waals surface area contributed by atoms with Crippen LogP contribution < -0.4 is 9.47 Å². The first-order valence-corrected chi connectivity index (χ1v) is 8.70. The van der Waals surface area contributed by atoms with Crippen LogP contribution in [0.1, 0.15) is 23.6 Å². The number of nitrogens with zero attached hydrogens (tertiary/aromatic N) is 2. The Morgan fingerprint density at radius 3 is 2.44 bits per heavy atom. The molecular weight excluding hydrogens is 380 g/mol. The molecule has 2 aromatic rings. The fourth-order valence-electron chi connectivity index (χ4n) is 2.71. The Labute approximate surface area is 156 Å². The van der Waals surface area contributed by atoms with E-state index >= 15 is 0 Å². The number of ether oxygens (including phenoxy) is 2. The van der Waals surface area contributed by atoms with Gasteiger partial charge in [0.2, 0.25) is 0 Å². The van der Waals surface area contributed by atoms with Gasteiger partial charge in [-0.25, -0.2) is 0 Å². The molecule has 5 heteroatoms. The van der Waals surface area contributed by atoms with Gasteiger partial charge in [-0.15, -0.1) is 0 Å². The van der Waals surface area contributed by atoms with Crippen LogP contribution in [0.4, 0.5) is 0 Å². The summed E-state index contributed by atoms with van der Waals surface area (Å²) in [5.74, 6) is 1.40. The highest BCUT2D eigenvalue weighted by atomic mass is 79.9. The van der Waals surface area contributed by atoms with Crippen LogP contribution in [0.5, 0.6) is 11.5 Å². The monoisotopic (exact) mass is 398 g/mol. The van der Waals surface area contributed by atoms with Crippen LogP contribution >= 0.6 is 15.9 Å². The molecule has 0 radical (unpaired) electrons. The van der Waals surface area contributed by atoms with Crippen molar-refractivity contribution in [1.82, 2.24) is 0 Å². The Bertz CT molecular complexity index is 885. The average Bonchev–Trinajstić information content (AvgIpc) is 2.77. The number of methoxy groups -OCH3 is 2. The maximum absolute atomic E-state index is 5.45. The summed E-state index contributed by atoms with van der Waals surface area (Å²) in [6.07, 6.45) is 4.73. The number of fused-ring (bicyclic) bond motifs is 1. The molecule has 0 fully saturated rings. The van der Waals surface area contributed by atoms with Crippen molar-refractivity contribution in [3.8, 4) is 11.5 Å². The average molecular weight is 399 g/mol. The lowest BCUT2D eigenvalue weighted by Gasteiger charge is -2.13. The Morgan fingerprint density at radius 2 is 1.72 bits per heavy atom. The van der Waals surface area contributed by atoms with Crippen molar-refractivity contribution in [3.05, 3.63) is 63.6 Å². The molecule has 0 N–H and O–H groups in total. The van der Waals surface area contributed by atoms with E-state index in [-0.39, 0.29) is 0 Å². The molecule has 0 aliphatic carbocycles.